The van der Waals surface area contributed by atoms with Crippen molar-refractivity contribution in [3.63, 3.8) is 0 Å². The summed E-state index contributed by atoms with van der Waals surface area (Å²) in [6.45, 7) is 5.20. The van der Waals surface area contributed by atoms with E-state index in [9.17, 15) is 9.59 Å². The Balaban J connectivity index is 2.26. The van der Waals surface area contributed by atoms with E-state index in [2.05, 4.69) is 5.92 Å². The quantitative estimate of drug-likeness (QED) is 0.718. The molecular weight excluding hydrogens is 240 g/mol. The fourth-order valence-corrected chi connectivity index (χ4v) is 3.16. The third-order valence-corrected chi connectivity index (χ3v) is 4.07. The first-order valence-electron chi connectivity index (χ1n) is 7.12. The van der Waals surface area contributed by atoms with Crippen molar-refractivity contribution >= 4 is 11.8 Å². The highest BCUT2D eigenvalue weighted by Gasteiger charge is 2.47. The number of carbonyl (C=O) groups is 2. The lowest BCUT2D eigenvalue weighted by molar-refractivity contribution is -0.165. The summed E-state index contributed by atoms with van der Waals surface area (Å²) in [4.78, 5) is 28.7. The normalized spacial score (nSPS) is 27.5. The van der Waals surface area contributed by atoms with Crippen molar-refractivity contribution in [1.82, 2.24) is 9.80 Å². The van der Waals surface area contributed by atoms with Crippen LogP contribution in [0.15, 0.2) is 0 Å². The summed E-state index contributed by atoms with van der Waals surface area (Å²) >= 11 is 0. The summed E-state index contributed by atoms with van der Waals surface area (Å²) in [7, 11) is 0. The number of rotatable bonds is 3. The van der Waals surface area contributed by atoms with Crippen LogP contribution in [0.1, 0.15) is 39.5 Å². The SMILES string of the molecule is C#CCCN1C(=O)C2CCCCN2C(=O)C1C(C)C. The van der Waals surface area contributed by atoms with Gasteiger partial charge in [-0.25, -0.2) is 0 Å². The molecule has 0 radical (unpaired) electrons. The molecule has 0 bridgehead atoms. The van der Waals surface area contributed by atoms with Crippen molar-refractivity contribution in [3.8, 4) is 12.3 Å². The fraction of sp³-hybridized carbons (Fsp3) is 0.733. The highest BCUT2D eigenvalue weighted by molar-refractivity contribution is 5.97. The van der Waals surface area contributed by atoms with Crippen LogP contribution in [-0.2, 0) is 9.59 Å². The zero-order valence-corrected chi connectivity index (χ0v) is 11.8. The van der Waals surface area contributed by atoms with E-state index in [1.165, 1.54) is 0 Å². The lowest BCUT2D eigenvalue weighted by Crippen LogP contribution is -2.67. The molecule has 0 aromatic carbocycles. The molecular formula is C15H22N2O2. The first-order chi connectivity index (χ1) is 9.07. The van der Waals surface area contributed by atoms with Gasteiger partial charge < -0.3 is 9.80 Å². The molecule has 4 nitrogen and oxygen atoms in total. The van der Waals surface area contributed by atoms with Gasteiger partial charge in [-0.1, -0.05) is 13.8 Å². The molecule has 2 aliphatic rings. The smallest absolute Gasteiger partial charge is 0.246 e. The van der Waals surface area contributed by atoms with E-state index in [0.29, 0.717) is 13.0 Å². The van der Waals surface area contributed by atoms with Crippen LogP contribution in [0.4, 0.5) is 0 Å². The largest absolute Gasteiger partial charge is 0.329 e. The first kappa shape index (κ1) is 13.9. The maximum atomic E-state index is 12.6. The monoisotopic (exact) mass is 262 g/mol. The second kappa shape index (κ2) is 5.64. The van der Waals surface area contributed by atoms with Crippen LogP contribution in [-0.4, -0.2) is 46.8 Å². The van der Waals surface area contributed by atoms with Crippen LogP contribution in [0.2, 0.25) is 0 Å². The Hall–Kier alpha value is -1.50. The average molecular weight is 262 g/mol. The summed E-state index contributed by atoms with van der Waals surface area (Å²) in [5.41, 5.74) is 0. The van der Waals surface area contributed by atoms with Crippen molar-refractivity contribution in [3.05, 3.63) is 0 Å². The highest BCUT2D eigenvalue weighted by atomic mass is 16.2. The lowest BCUT2D eigenvalue weighted by atomic mass is 9.90. The standard InChI is InChI=1S/C15H22N2O2/c1-4-5-9-17-13(11(2)3)15(19)16-10-7-6-8-12(16)14(17)18/h1,11-13H,5-10H2,2-3H3. The molecule has 2 atom stereocenters. The molecule has 4 heteroatoms. The van der Waals surface area contributed by atoms with Gasteiger partial charge in [-0.2, -0.15) is 0 Å². The minimum absolute atomic E-state index is 0.0910. The van der Waals surface area contributed by atoms with Crippen molar-refractivity contribution in [2.75, 3.05) is 13.1 Å². The van der Waals surface area contributed by atoms with Gasteiger partial charge in [0.05, 0.1) is 0 Å². The molecule has 0 aromatic heterocycles. The molecule has 0 spiro atoms. The Morgan fingerprint density at radius 1 is 1.32 bits per heavy atom. The number of fused-ring (bicyclic) bond motifs is 1. The van der Waals surface area contributed by atoms with Crippen molar-refractivity contribution < 1.29 is 9.59 Å². The minimum atomic E-state index is -0.338. The lowest BCUT2D eigenvalue weighted by Gasteiger charge is -2.48. The Bertz CT molecular complexity index is 411. The van der Waals surface area contributed by atoms with E-state index < -0.39 is 0 Å². The summed E-state index contributed by atoms with van der Waals surface area (Å²) in [6.07, 6.45) is 8.63. The Kier molecular flexibility index (Phi) is 4.14. The molecule has 0 aromatic rings. The molecule has 19 heavy (non-hydrogen) atoms. The number of nitrogens with zero attached hydrogens (tertiary/aromatic N) is 2. The van der Waals surface area contributed by atoms with Crippen LogP contribution < -0.4 is 0 Å². The van der Waals surface area contributed by atoms with E-state index in [-0.39, 0.29) is 29.8 Å². The summed E-state index contributed by atoms with van der Waals surface area (Å²) < 4.78 is 0. The third-order valence-electron chi connectivity index (χ3n) is 4.07. The molecule has 2 fully saturated rings. The second-order valence-electron chi connectivity index (χ2n) is 5.72. The van der Waals surface area contributed by atoms with Gasteiger partial charge in [0.25, 0.3) is 0 Å². The topological polar surface area (TPSA) is 40.6 Å². The molecule has 2 aliphatic heterocycles. The van der Waals surface area contributed by atoms with Crippen molar-refractivity contribution in [2.24, 2.45) is 5.92 Å². The van der Waals surface area contributed by atoms with E-state index in [1.54, 1.807) is 9.80 Å². The number of piperidine rings is 1. The van der Waals surface area contributed by atoms with Crippen molar-refractivity contribution in [1.29, 1.82) is 0 Å². The number of terminal acetylenes is 1. The van der Waals surface area contributed by atoms with Gasteiger partial charge in [-0.15, -0.1) is 12.3 Å². The van der Waals surface area contributed by atoms with E-state index >= 15 is 0 Å². The molecule has 2 unspecified atom stereocenters. The van der Waals surface area contributed by atoms with E-state index in [4.69, 9.17) is 6.42 Å². The molecule has 104 valence electrons. The number of carbonyl (C=O) groups excluding carboxylic acids is 2. The number of piperazine rings is 1. The predicted molar refractivity (Wildman–Crippen MR) is 73.1 cm³/mol. The maximum absolute atomic E-state index is 12.6. The second-order valence-corrected chi connectivity index (χ2v) is 5.72. The minimum Gasteiger partial charge on any atom is -0.329 e. The molecule has 0 aliphatic carbocycles. The zero-order valence-electron chi connectivity index (χ0n) is 11.8. The van der Waals surface area contributed by atoms with Gasteiger partial charge in [-0.3, -0.25) is 9.59 Å². The van der Waals surface area contributed by atoms with Crippen molar-refractivity contribution in [2.45, 2.75) is 51.6 Å². The molecule has 0 saturated carbocycles. The van der Waals surface area contributed by atoms with Gasteiger partial charge in [0.2, 0.25) is 11.8 Å². The van der Waals surface area contributed by atoms with E-state index in [0.717, 1.165) is 25.8 Å². The molecule has 2 saturated heterocycles. The number of amides is 2. The fourth-order valence-electron chi connectivity index (χ4n) is 3.16. The molecule has 0 N–H and O–H groups in total. The zero-order chi connectivity index (χ0) is 14.0. The summed E-state index contributed by atoms with van der Waals surface area (Å²) in [5, 5.41) is 0. The summed E-state index contributed by atoms with van der Waals surface area (Å²) in [5.74, 6) is 2.88. The predicted octanol–water partition coefficient (Wildman–Crippen LogP) is 1.26. The van der Waals surface area contributed by atoms with Gasteiger partial charge in [-0.05, 0) is 25.2 Å². The molecule has 2 heterocycles. The first-order valence-corrected chi connectivity index (χ1v) is 7.12. The number of hydrogen-bond donors (Lipinski definition) is 0. The van der Waals surface area contributed by atoms with Crippen LogP contribution in [0.25, 0.3) is 0 Å². The van der Waals surface area contributed by atoms with Gasteiger partial charge in [0, 0.05) is 19.5 Å². The van der Waals surface area contributed by atoms with Crippen LogP contribution in [0, 0.1) is 18.3 Å². The molecule has 2 rings (SSSR count). The number of hydrogen-bond acceptors (Lipinski definition) is 2. The Morgan fingerprint density at radius 2 is 2.05 bits per heavy atom. The van der Waals surface area contributed by atoms with Crippen LogP contribution >= 0.6 is 0 Å². The Labute approximate surface area is 115 Å². The third kappa shape index (κ3) is 2.47. The maximum Gasteiger partial charge on any atom is 0.246 e. The average Bonchev–Trinajstić information content (AvgIpc) is 2.40. The van der Waals surface area contributed by atoms with Crippen LogP contribution in [0.3, 0.4) is 0 Å². The van der Waals surface area contributed by atoms with Crippen LogP contribution in [0.5, 0.6) is 0 Å². The molecule has 2 amide bonds. The highest BCUT2D eigenvalue weighted by Crippen LogP contribution is 2.29. The van der Waals surface area contributed by atoms with Gasteiger partial charge in [0.15, 0.2) is 0 Å². The summed E-state index contributed by atoms with van der Waals surface area (Å²) in [6, 6.07) is -0.579. The van der Waals surface area contributed by atoms with Gasteiger partial charge >= 0.3 is 0 Å². The van der Waals surface area contributed by atoms with E-state index in [1.807, 2.05) is 13.8 Å². The Morgan fingerprint density at radius 3 is 2.68 bits per heavy atom. The van der Waals surface area contributed by atoms with Gasteiger partial charge in [0.1, 0.15) is 12.1 Å².